The third kappa shape index (κ3) is 4.05. The molecular formula is C19H24N3O5S+. The van der Waals surface area contributed by atoms with Gasteiger partial charge < -0.3 is 23.5 Å². The van der Waals surface area contributed by atoms with Gasteiger partial charge >= 0.3 is 5.97 Å². The summed E-state index contributed by atoms with van der Waals surface area (Å²) in [6.07, 6.45) is 1.19. The van der Waals surface area contributed by atoms with Gasteiger partial charge in [-0.15, -0.1) is 5.10 Å². The molecule has 2 aliphatic rings. The Morgan fingerprint density at radius 3 is 2.82 bits per heavy atom. The van der Waals surface area contributed by atoms with Crippen LogP contribution in [0.1, 0.15) is 31.8 Å². The van der Waals surface area contributed by atoms with Crippen molar-refractivity contribution in [3.8, 4) is 11.5 Å². The summed E-state index contributed by atoms with van der Waals surface area (Å²) in [7, 11) is 0. The van der Waals surface area contributed by atoms with E-state index in [1.54, 1.807) is 4.68 Å². The molecule has 2 aromatic rings. The first-order chi connectivity index (χ1) is 13.6. The Morgan fingerprint density at radius 1 is 1.32 bits per heavy atom. The Bertz CT molecular complexity index is 888. The van der Waals surface area contributed by atoms with Crippen LogP contribution in [0.3, 0.4) is 0 Å². The SMILES string of the molecule is CCOC(=O)C1CC[NH+](Cn2nc([C@@H]3COc4ccccc4O3)oc2=S)CC1. The summed E-state index contributed by atoms with van der Waals surface area (Å²) in [6, 6.07) is 7.51. The lowest BCUT2D eigenvalue weighted by atomic mass is 9.97. The number of benzene rings is 1. The van der Waals surface area contributed by atoms with Gasteiger partial charge in [-0.2, -0.15) is 4.68 Å². The first-order valence-electron chi connectivity index (χ1n) is 9.60. The molecule has 8 nitrogen and oxygen atoms in total. The molecule has 0 saturated carbocycles. The number of esters is 1. The topological polar surface area (TPSA) is 80.2 Å². The summed E-state index contributed by atoms with van der Waals surface area (Å²) in [6.45, 7) is 4.92. The van der Waals surface area contributed by atoms with Crippen molar-refractivity contribution in [3.05, 3.63) is 35.0 Å². The van der Waals surface area contributed by atoms with Crippen LogP contribution < -0.4 is 14.4 Å². The fraction of sp³-hybridized carbons (Fsp3) is 0.526. The van der Waals surface area contributed by atoms with E-state index in [0.717, 1.165) is 25.9 Å². The maximum Gasteiger partial charge on any atom is 0.309 e. The first-order valence-corrected chi connectivity index (χ1v) is 10.0. The molecule has 0 spiro atoms. The van der Waals surface area contributed by atoms with E-state index in [4.69, 9.17) is 30.8 Å². The second-order valence-corrected chi connectivity index (χ2v) is 7.35. The number of quaternary nitrogens is 1. The summed E-state index contributed by atoms with van der Waals surface area (Å²) in [5.74, 6) is 1.71. The molecule has 0 aliphatic carbocycles. The Kier molecular flexibility index (Phi) is 5.63. The van der Waals surface area contributed by atoms with E-state index >= 15 is 0 Å². The Labute approximate surface area is 168 Å². The van der Waals surface area contributed by atoms with Crippen molar-refractivity contribution in [3.63, 3.8) is 0 Å². The number of fused-ring (bicyclic) bond motifs is 1. The molecule has 9 heteroatoms. The van der Waals surface area contributed by atoms with Crippen molar-refractivity contribution in [2.45, 2.75) is 32.5 Å². The number of hydrogen-bond donors (Lipinski definition) is 1. The molecule has 28 heavy (non-hydrogen) atoms. The lowest BCUT2D eigenvalue weighted by Gasteiger charge is -2.27. The minimum Gasteiger partial charge on any atom is -0.485 e. The van der Waals surface area contributed by atoms with Crippen LogP contribution in [-0.2, 0) is 16.2 Å². The maximum atomic E-state index is 11.9. The molecule has 4 rings (SSSR count). The molecule has 0 radical (unpaired) electrons. The van der Waals surface area contributed by atoms with Gasteiger partial charge in [0.15, 0.2) is 18.2 Å². The summed E-state index contributed by atoms with van der Waals surface area (Å²) in [5, 5.41) is 4.51. The second kappa shape index (κ2) is 8.32. The quantitative estimate of drug-likeness (QED) is 0.596. The molecule has 150 valence electrons. The van der Waals surface area contributed by atoms with Gasteiger partial charge in [-0.05, 0) is 31.3 Å². The smallest absolute Gasteiger partial charge is 0.309 e. The highest BCUT2D eigenvalue weighted by molar-refractivity contribution is 7.71. The molecule has 1 fully saturated rings. The van der Waals surface area contributed by atoms with Crippen molar-refractivity contribution < 1.29 is 28.3 Å². The summed E-state index contributed by atoms with van der Waals surface area (Å²) >= 11 is 5.34. The molecule has 3 heterocycles. The van der Waals surface area contributed by atoms with Crippen LogP contribution in [0.15, 0.2) is 28.7 Å². The zero-order chi connectivity index (χ0) is 19.5. The number of piperidine rings is 1. The summed E-state index contributed by atoms with van der Waals surface area (Å²) in [4.78, 5) is 13.5. The van der Waals surface area contributed by atoms with Crippen LogP contribution in [0.5, 0.6) is 11.5 Å². The normalized spacial score (nSPS) is 24.0. The highest BCUT2D eigenvalue weighted by Crippen LogP contribution is 2.35. The Balaban J connectivity index is 1.37. The number of nitrogens with one attached hydrogen (secondary N) is 1. The highest BCUT2D eigenvalue weighted by Gasteiger charge is 2.30. The molecule has 1 aromatic heterocycles. The van der Waals surface area contributed by atoms with Gasteiger partial charge in [0.05, 0.1) is 25.6 Å². The van der Waals surface area contributed by atoms with Crippen LogP contribution >= 0.6 is 12.2 Å². The van der Waals surface area contributed by atoms with Crippen LogP contribution in [0.2, 0.25) is 0 Å². The molecule has 2 aliphatic heterocycles. The van der Waals surface area contributed by atoms with Crippen LogP contribution in [0, 0.1) is 10.8 Å². The molecular weight excluding hydrogens is 382 g/mol. The van der Waals surface area contributed by atoms with Gasteiger partial charge in [-0.25, -0.2) is 0 Å². The van der Waals surface area contributed by atoms with Gasteiger partial charge in [0.25, 0.3) is 10.7 Å². The molecule has 1 N–H and O–H groups in total. The molecule has 0 unspecified atom stereocenters. The van der Waals surface area contributed by atoms with Gasteiger partial charge in [0, 0.05) is 12.8 Å². The fourth-order valence-electron chi connectivity index (χ4n) is 3.59. The predicted molar refractivity (Wildman–Crippen MR) is 101 cm³/mol. The van der Waals surface area contributed by atoms with E-state index in [1.165, 1.54) is 4.90 Å². The molecule has 1 atom stereocenters. The number of aromatic nitrogens is 2. The van der Waals surface area contributed by atoms with Crippen LogP contribution in [0.25, 0.3) is 0 Å². The second-order valence-electron chi connectivity index (χ2n) is 7.00. The largest absolute Gasteiger partial charge is 0.485 e. The number of carbonyl (C=O) groups excluding carboxylic acids is 1. The number of ether oxygens (including phenoxy) is 3. The Hall–Kier alpha value is -2.39. The van der Waals surface area contributed by atoms with E-state index in [9.17, 15) is 4.79 Å². The lowest BCUT2D eigenvalue weighted by molar-refractivity contribution is -0.929. The zero-order valence-corrected chi connectivity index (χ0v) is 16.6. The third-order valence-corrected chi connectivity index (χ3v) is 5.39. The van der Waals surface area contributed by atoms with Gasteiger partial charge in [-0.3, -0.25) is 4.79 Å². The third-order valence-electron chi connectivity index (χ3n) is 5.09. The number of rotatable bonds is 5. The van der Waals surface area contributed by atoms with Crippen molar-refractivity contribution in [2.75, 3.05) is 26.3 Å². The maximum absolute atomic E-state index is 11.9. The minimum atomic E-state index is -0.428. The number of hydrogen-bond acceptors (Lipinski definition) is 7. The van der Waals surface area contributed by atoms with Crippen molar-refractivity contribution in [2.24, 2.45) is 5.92 Å². The van der Waals surface area contributed by atoms with Crippen molar-refractivity contribution >= 4 is 18.2 Å². The van der Waals surface area contributed by atoms with Crippen molar-refractivity contribution in [1.29, 1.82) is 0 Å². The van der Waals surface area contributed by atoms with Crippen molar-refractivity contribution in [1.82, 2.24) is 9.78 Å². The highest BCUT2D eigenvalue weighted by atomic mass is 32.1. The fourth-order valence-corrected chi connectivity index (χ4v) is 3.78. The summed E-state index contributed by atoms with van der Waals surface area (Å²) in [5.41, 5.74) is 0. The van der Waals surface area contributed by atoms with E-state index in [-0.39, 0.29) is 11.9 Å². The average molecular weight is 406 g/mol. The monoisotopic (exact) mass is 406 g/mol. The van der Waals surface area contributed by atoms with E-state index in [1.807, 2.05) is 31.2 Å². The number of nitrogens with zero attached hydrogens (tertiary/aromatic N) is 2. The molecule has 0 bridgehead atoms. The van der Waals surface area contributed by atoms with E-state index in [0.29, 0.717) is 42.1 Å². The number of carbonyl (C=O) groups is 1. The van der Waals surface area contributed by atoms with Crippen LogP contribution in [-0.4, -0.2) is 42.1 Å². The van der Waals surface area contributed by atoms with Gasteiger partial charge in [-0.1, -0.05) is 12.1 Å². The first kappa shape index (κ1) is 18.9. The minimum absolute atomic E-state index is 0.00241. The van der Waals surface area contributed by atoms with Gasteiger partial charge in [0.1, 0.15) is 6.61 Å². The summed E-state index contributed by atoms with van der Waals surface area (Å²) < 4.78 is 24.2. The predicted octanol–water partition coefficient (Wildman–Crippen LogP) is 1.53. The number of likely N-dealkylation sites (tertiary alicyclic amines) is 1. The zero-order valence-electron chi connectivity index (χ0n) is 15.8. The van der Waals surface area contributed by atoms with Crippen LogP contribution in [0.4, 0.5) is 0 Å². The molecule has 1 saturated heterocycles. The average Bonchev–Trinajstić information content (AvgIpc) is 3.08. The Morgan fingerprint density at radius 2 is 2.07 bits per heavy atom. The lowest BCUT2D eigenvalue weighted by Crippen LogP contribution is -3.12. The van der Waals surface area contributed by atoms with Gasteiger partial charge in [0.2, 0.25) is 6.10 Å². The standard InChI is InChI=1S/C19H23N3O5S/c1-2-24-18(23)13-7-9-21(10-8-13)12-22-19(28)27-17(20-22)16-11-25-14-5-3-4-6-15(14)26-16/h3-6,13,16H,2,7-12H2,1H3/p+1/t16-/m0/s1. The molecule has 1 aromatic carbocycles. The number of para-hydroxylation sites is 2. The molecule has 0 amide bonds. The van der Waals surface area contributed by atoms with E-state index < -0.39 is 6.10 Å². The van der Waals surface area contributed by atoms with E-state index in [2.05, 4.69) is 5.10 Å².